The fourth-order valence-electron chi connectivity index (χ4n) is 1.24. The van der Waals surface area contributed by atoms with E-state index in [2.05, 4.69) is 6.58 Å². The van der Waals surface area contributed by atoms with Gasteiger partial charge in [-0.25, -0.2) is 4.79 Å². The van der Waals surface area contributed by atoms with E-state index < -0.39 is 11.0 Å². The van der Waals surface area contributed by atoms with Gasteiger partial charge in [0.1, 0.15) is 6.61 Å². The second-order valence-corrected chi connectivity index (χ2v) is 3.65. The normalized spacial score (nSPS) is 9.61. The highest BCUT2D eigenvalue weighted by atomic mass is 16.6. The van der Waals surface area contributed by atoms with Gasteiger partial charge in [-0.1, -0.05) is 6.08 Å². The Morgan fingerprint density at radius 2 is 2.11 bits per heavy atom. The van der Waals surface area contributed by atoms with Crippen LogP contribution in [0.25, 0.3) is 0 Å². The van der Waals surface area contributed by atoms with Crippen LogP contribution in [0.2, 0.25) is 0 Å². The number of ether oxygens (including phenoxy) is 1. The van der Waals surface area contributed by atoms with Gasteiger partial charge in [0.25, 0.3) is 5.69 Å². The van der Waals surface area contributed by atoms with Gasteiger partial charge < -0.3 is 9.64 Å². The number of hydrogen-bond acceptors (Lipinski definition) is 4. The highest BCUT2D eigenvalue weighted by Crippen LogP contribution is 2.12. The maximum Gasteiger partial charge on any atom is 0.410 e. The van der Waals surface area contributed by atoms with Gasteiger partial charge in [0.05, 0.1) is 4.92 Å². The smallest absolute Gasteiger partial charge is 0.410 e. The molecule has 1 rings (SSSR count). The molecule has 0 radical (unpaired) electrons. The third kappa shape index (κ3) is 3.89. The Morgan fingerprint density at radius 3 is 2.61 bits per heavy atom. The number of carbonyl (C=O) groups excluding carboxylic acids is 1. The van der Waals surface area contributed by atoms with Crippen LogP contribution in [-0.4, -0.2) is 29.5 Å². The summed E-state index contributed by atoms with van der Waals surface area (Å²) >= 11 is 0. The van der Waals surface area contributed by atoms with Crippen LogP contribution in [0.3, 0.4) is 0 Å². The highest BCUT2D eigenvalue weighted by molar-refractivity contribution is 5.67. The topological polar surface area (TPSA) is 72.7 Å². The lowest BCUT2D eigenvalue weighted by molar-refractivity contribution is -0.384. The number of hydrogen-bond donors (Lipinski definition) is 0. The Hall–Kier alpha value is -2.37. The van der Waals surface area contributed by atoms with Crippen LogP contribution >= 0.6 is 0 Å². The van der Waals surface area contributed by atoms with E-state index in [0.29, 0.717) is 12.1 Å². The average Bonchev–Trinajstić information content (AvgIpc) is 2.36. The molecule has 0 aliphatic carbocycles. The molecule has 6 heteroatoms. The van der Waals surface area contributed by atoms with Crippen LogP contribution in [0.15, 0.2) is 36.9 Å². The van der Waals surface area contributed by atoms with Gasteiger partial charge in [0.2, 0.25) is 0 Å². The molecule has 18 heavy (non-hydrogen) atoms. The van der Waals surface area contributed by atoms with E-state index >= 15 is 0 Å². The molecule has 0 saturated carbocycles. The molecule has 0 bridgehead atoms. The lowest BCUT2D eigenvalue weighted by Crippen LogP contribution is -2.27. The minimum atomic E-state index is -0.479. The van der Waals surface area contributed by atoms with Gasteiger partial charge in [-0.15, -0.1) is 6.58 Å². The molecule has 0 atom stereocenters. The van der Waals surface area contributed by atoms with Crippen molar-refractivity contribution < 1.29 is 14.5 Å². The van der Waals surface area contributed by atoms with E-state index in [1.807, 2.05) is 0 Å². The van der Waals surface area contributed by atoms with E-state index in [-0.39, 0.29) is 12.3 Å². The van der Waals surface area contributed by atoms with Crippen LogP contribution in [0, 0.1) is 10.1 Å². The number of likely N-dealkylation sites (N-methyl/N-ethyl adjacent to an activating group) is 1. The summed E-state index contributed by atoms with van der Waals surface area (Å²) in [7, 11) is 1.60. The molecule has 0 spiro atoms. The second kappa shape index (κ2) is 6.39. The largest absolute Gasteiger partial charge is 0.445 e. The zero-order chi connectivity index (χ0) is 13.5. The van der Waals surface area contributed by atoms with E-state index in [1.165, 1.54) is 17.0 Å². The van der Waals surface area contributed by atoms with Crippen molar-refractivity contribution in [3.63, 3.8) is 0 Å². The van der Waals surface area contributed by atoms with Crippen molar-refractivity contribution in [1.29, 1.82) is 0 Å². The van der Waals surface area contributed by atoms with Gasteiger partial charge in [0.15, 0.2) is 0 Å². The predicted molar refractivity (Wildman–Crippen MR) is 66.1 cm³/mol. The standard InChI is InChI=1S/C12H14N2O4/c1-3-8-13(2)12(15)18-9-10-4-6-11(7-5-10)14(16)17/h3-7H,1,8-9H2,2H3. The molecule has 0 aliphatic heterocycles. The van der Waals surface area contributed by atoms with Crippen LogP contribution in [-0.2, 0) is 11.3 Å². The van der Waals surface area contributed by atoms with Crippen molar-refractivity contribution in [2.45, 2.75) is 6.61 Å². The van der Waals surface area contributed by atoms with Crippen molar-refractivity contribution >= 4 is 11.8 Å². The van der Waals surface area contributed by atoms with Crippen molar-refractivity contribution in [2.24, 2.45) is 0 Å². The van der Waals surface area contributed by atoms with Crippen molar-refractivity contribution in [2.75, 3.05) is 13.6 Å². The number of benzene rings is 1. The Morgan fingerprint density at radius 1 is 1.50 bits per heavy atom. The van der Waals surface area contributed by atoms with Crippen molar-refractivity contribution in [3.8, 4) is 0 Å². The molecule has 6 nitrogen and oxygen atoms in total. The van der Waals surface area contributed by atoms with Gasteiger partial charge in [-0.2, -0.15) is 0 Å². The quantitative estimate of drug-likeness (QED) is 0.457. The maximum atomic E-state index is 11.4. The highest BCUT2D eigenvalue weighted by Gasteiger charge is 2.09. The van der Waals surface area contributed by atoms with Crippen molar-refractivity contribution in [3.05, 3.63) is 52.6 Å². The zero-order valence-electron chi connectivity index (χ0n) is 10.0. The van der Waals surface area contributed by atoms with Crippen LogP contribution in [0.1, 0.15) is 5.56 Å². The van der Waals surface area contributed by atoms with Gasteiger partial charge in [-0.3, -0.25) is 10.1 Å². The Kier molecular flexibility index (Phi) is 4.86. The summed E-state index contributed by atoms with van der Waals surface area (Å²) in [5, 5.41) is 10.4. The number of nitrogens with zero attached hydrogens (tertiary/aromatic N) is 2. The Bertz CT molecular complexity index is 442. The number of carbonyl (C=O) groups is 1. The van der Waals surface area contributed by atoms with Crippen LogP contribution in [0.4, 0.5) is 10.5 Å². The Labute approximate surface area is 105 Å². The first-order valence-corrected chi connectivity index (χ1v) is 5.26. The number of rotatable bonds is 5. The number of nitro groups is 1. The minimum absolute atomic E-state index is 0.00820. The molecule has 0 aliphatic rings. The molecular formula is C12H14N2O4. The van der Waals surface area contributed by atoms with Crippen LogP contribution in [0.5, 0.6) is 0 Å². The summed E-state index contributed by atoms with van der Waals surface area (Å²) in [6, 6.07) is 5.85. The van der Waals surface area contributed by atoms with Gasteiger partial charge in [0, 0.05) is 25.7 Å². The van der Waals surface area contributed by atoms with E-state index in [4.69, 9.17) is 4.74 Å². The summed E-state index contributed by atoms with van der Waals surface area (Å²) < 4.78 is 5.01. The van der Waals surface area contributed by atoms with E-state index in [1.54, 1.807) is 25.3 Å². The lowest BCUT2D eigenvalue weighted by Gasteiger charge is -2.14. The first-order valence-electron chi connectivity index (χ1n) is 5.26. The Balaban J connectivity index is 2.51. The summed E-state index contributed by atoms with van der Waals surface area (Å²) in [5.74, 6) is 0. The van der Waals surface area contributed by atoms with E-state index in [0.717, 1.165) is 0 Å². The number of nitro benzene ring substituents is 1. The van der Waals surface area contributed by atoms with E-state index in [9.17, 15) is 14.9 Å². The molecule has 0 unspecified atom stereocenters. The second-order valence-electron chi connectivity index (χ2n) is 3.65. The average molecular weight is 250 g/mol. The SMILES string of the molecule is C=CCN(C)C(=O)OCc1ccc([N+](=O)[O-])cc1. The zero-order valence-corrected chi connectivity index (χ0v) is 10.0. The molecule has 0 N–H and O–H groups in total. The summed E-state index contributed by atoms with van der Waals surface area (Å²) in [6.07, 6.45) is 1.13. The molecule has 0 aromatic heterocycles. The molecular weight excluding hydrogens is 236 g/mol. The molecule has 0 saturated heterocycles. The predicted octanol–water partition coefficient (Wildman–Crippen LogP) is 2.35. The first kappa shape index (κ1) is 13.7. The third-order valence-corrected chi connectivity index (χ3v) is 2.22. The summed E-state index contributed by atoms with van der Waals surface area (Å²) in [5.41, 5.74) is 0.704. The first-order chi connectivity index (χ1) is 8.54. The summed E-state index contributed by atoms with van der Waals surface area (Å²) in [6.45, 7) is 4.00. The third-order valence-electron chi connectivity index (χ3n) is 2.22. The number of non-ortho nitro benzene ring substituents is 1. The molecule has 0 fully saturated rings. The van der Waals surface area contributed by atoms with Gasteiger partial charge >= 0.3 is 6.09 Å². The fourth-order valence-corrected chi connectivity index (χ4v) is 1.24. The fraction of sp³-hybridized carbons (Fsp3) is 0.250. The molecule has 96 valence electrons. The summed E-state index contributed by atoms with van der Waals surface area (Å²) in [4.78, 5) is 22.8. The molecule has 0 heterocycles. The van der Waals surface area contributed by atoms with Gasteiger partial charge in [-0.05, 0) is 17.7 Å². The maximum absolute atomic E-state index is 11.4. The number of amides is 1. The minimum Gasteiger partial charge on any atom is -0.445 e. The molecule has 1 aromatic rings. The van der Waals surface area contributed by atoms with Crippen molar-refractivity contribution in [1.82, 2.24) is 4.90 Å². The molecule has 1 aromatic carbocycles. The molecule has 1 amide bonds. The monoisotopic (exact) mass is 250 g/mol. The van der Waals surface area contributed by atoms with Crippen LogP contribution < -0.4 is 0 Å². The lowest BCUT2D eigenvalue weighted by atomic mass is 10.2.